The topological polar surface area (TPSA) is 37.8 Å². The Kier molecular flexibility index (Phi) is 3.92. The van der Waals surface area contributed by atoms with Gasteiger partial charge >= 0.3 is 0 Å². The number of aryl methyl sites for hydroxylation is 2. The van der Waals surface area contributed by atoms with E-state index in [1.54, 1.807) is 12.4 Å². The minimum absolute atomic E-state index is 0.869. The molecular weight excluding hydrogens is 222 g/mol. The average molecular weight is 241 g/mol. The molecule has 0 bridgehead atoms. The summed E-state index contributed by atoms with van der Waals surface area (Å²) in [5.41, 5.74) is 4.55. The molecule has 0 aliphatic carbocycles. The van der Waals surface area contributed by atoms with Gasteiger partial charge < -0.3 is 5.32 Å². The molecule has 18 heavy (non-hydrogen) atoms. The van der Waals surface area contributed by atoms with E-state index in [0.29, 0.717) is 0 Å². The third kappa shape index (κ3) is 2.67. The van der Waals surface area contributed by atoms with Crippen molar-refractivity contribution in [3.05, 3.63) is 41.7 Å². The Labute approximate surface area is 108 Å². The van der Waals surface area contributed by atoms with Crippen LogP contribution in [0, 0.1) is 13.8 Å². The lowest BCUT2D eigenvalue weighted by Gasteiger charge is -2.11. The van der Waals surface area contributed by atoms with E-state index in [1.165, 1.54) is 11.1 Å². The molecule has 1 N–H and O–H groups in total. The minimum atomic E-state index is 0.869. The summed E-state index contributed by atoms with van der Waals surface area (Å²) in [4.78, 5) is 8.87. The molecule has 1 heterocycles. The second kappa shape index (κ2) is 5.63. The number of nitrogens with one attached hydrogen (secondary N) is 1. The fourth-order valence-electron chi connectivity index (χ4n) is 1.90. The molecular formula is C15H19N3. The fourth-order valence-corrected chi connectivity index (χ4v) is 1.90. The fraction of sp³-hybridized carbons (Fsp3) is 0.333. The summed E-state index contributed by atoms with van der Waals surface area (Å²) in [6, 6.07) is 6.41. The zero-order valence-electron chi connectivity index (χ0n) is 11.2. The molecule has 0 amide bonds. The molecule has 0 aliphatic rings. The molecule has 1 aromatic carbocycles. The van der Waals surface area contributed by atoms with Gasteiger partial charge in [0.25, 0.3) is 0 Å². The van der Waals surface area contributed by atoms with Crippen molar-refractivity contribution in [2.45, 2.75) is 27.2 Å². The Hall–Kier alpha value is -1.90. The van der Waals surface area contributed by atoms with Crippen molar-refractivity contribution in [1.29, 1.82) is 0 Å². The molecule has 0 radical (unpaired) electrons. The van der Waals surface area contributed by atoms with E-state index in [2.05, 4.69) is 54.3 Å². The van der Waals surface area contributed by atoms with Gasteiger partial charge in [0.2, 0.25) is 0 Å². The molecule has 0 saturated heterocycles. The number of nitrogens with zero attached hydrogens (tertiary/aromatic N) is 2. The quantitative estimate of drug-likeness (QED) is 0.889. The molecule has 0 spiro atoms. The maximum atomic E-state index is 4.48. The van der Waals surface area contributed by atoms with Crippen LogP contribution in [-0.2, 0) is 0 Å². The van der Waals surface area contributed by atoms with Crippen molar-refractivity contribution in [3.8, 4) is 11.3 Å². The molecule has 0 fully saturated rings. The van der Waals surface area contributed by atoms with Crippen LogP contribution < -0.4 is 5.32 Å². The van der Waals surface area contributed by atoms with E-state index in [9.17, 15) is 0 Å². The number of aromatic nitrogens is 2. The van der Waals surface area contributed by atoms with Crippen LogP contribution in [0.15, 0.2) is 30.6 Å². The predicted octanol–water partition coefficient (Wildman–Crippen LogP) is 3.58. The molecule has 3 heteroatoms. The van der Waals surface area contributed by atoms with Crippen LogP contribution >= 0.6 is 0 Å². The van der Waals surface area contributed by atoms with Crippen LogP contribution in [0.1, 0.15) is 24.5 Å². The van der Waals surface area contributed by atoms with Crippen LogP contribution in [0.3, 0.4) is 0 Å². The van der Waals surface area contributed by atoms with Gasteiger partial charge in [0.15, 0.2) is 5.82 Å². The number of rotatable bonds is 4. The largest absolute Gasteiger partial charge is 0.368 e. The van der Waals surface area contributed by atoms with E-state index in [-0.39, 0.29) is 0 Å². The molecule has 3 nitrogen and oxygen atoms in total. The van der Waals surface area contributed by atoms with Crippen molar-refractivity contribution in [2.75, 3.05) is 11.9 Å². The van der Waals surface area contributed by atoms with Gasteiger partial charge in [-0.1, -0.05) is 24.6 Å². The normalized spacial score (nSPS) is 10.4. The smallest absolute Gasteiger partial charge is 0.152 e. The van der Waals surface area contributed by atoms with E-state index in [0.717, 1.165) is 30.0 Å². The summed E-state index contributed by atoms with van der Waals surface area (Å²) in [5.74, 6) is 0.869. The third-order valence-electron chi connectivity index (χ3n) is 2.89. The highest BCUT2D eigenvalue weighted by Crippen LogP contribution is 2.27. The highest BCUT2D eigenvalue weighted by molar-refractivity contribution is 5.74. The van der Waals surface area contributed by atoms with Gasteiger partial charge in [-0.25, -0.2) is 4.98 Å². The highest BCUT2D eigenvalue weighted by Gasteiger charge is 2.09. The van der Waals surface area contributed by atoms with Crippen molar-refractivity contribution >= 4 is 5.82 Å². The van der Waals surface area contributed by atoms with Gasteiger partial charge in [-0.2, -0.15) is 0 Å². The molecule has 2 aromatic rings. The third-order valence-corrected chi connectivity index (χ3v) is 2.89. The first-order chi connectivity index (χ1) is 8.72. The van der Waals surface area contributed by atoms with Gasteiger partial charge in [-0.05, 0) is 31.9 Å². The molecule has 1 aromatic heterocycles. The average Bonchev–Trinajstić information content (AvgIpc) is 2.39. The van der Waals surface area contributed by atoms with Crippen molar-refractivity contribution in [1.82, 2.24) is 9.97 Å². The lowest BCUT2D eigenvalue weighted by atomic mass is 10.0. The number of benzene rings is 1. The van der Waals surface area contributed by atoms with Crippen LogP contribution in [0.5, 0.6) is 0 Å². The second-order valence-electron chi connectivity index (χ2n) is 4.50. The Morgan fingerprint density at radius 3 is 2.67 bits per heavy atom. The van der Waals surface area contributed by atoms with E-state index >= 15 is 0 Å². The first-order valence-electron chi connectivity index (χ1n) is 6.35. The Morgan fingerprint density at radius 1 is 1.11 bits per heavy atom. The number of anilines is 1. The zero-order chi connectivity index (χ0) is 13.0. The molecule has 94 valence electrons. The molecule has 2 rings (SSSR count). The lowest BCUT2D eigenvalue weighted by Crippen LogP contribution is -2.05. The zero-order valence-corrected chi connectivity index (χ0v) is 11.2. The first-order valence-corrected chi connectivity index (χ1v) is 6.35. The van der Waals surface area contributed by atoms with Gasteiger partial charge in [-0.15, -0.1) is 0 Å². The Morgan fingerprint density at radius 2 is 1.89 bits per heavy atom. The lowest BCUT2D eigenvalue weighted by molar-refractivity contribution is 0.965. The van der Waals surface area contributed by atoms with E-state index in [4.69, 9.17) is 0 Å². The van der Waals surface area contributed by atoms with Crippen molar-refractivity contribution < 1.29 is 0 Å². The maximum absolute atomic E-state index is 4.48. The van der Waals surface area contributed by atoms with Gasteiger partial charge in [0.1, 0.15) is 5.69 Å². The van der Waals surface area contributed by atoms with Crippen molar-refractivity contribution in [2.24, 2.45) is 0 Å². The van der Waals surface area contributed by atoms with Gasteiger partial charge in [0.05, 0.1) is 0 Å². The van der Waals surface area contributed by atoms with Crippen LogP contribution in [0.4, 0.5) is 5.82 Å². The van der Waals surface area contributed by atoms with E-state index < -0.39 is 0 Å². The van der Waals surface area contributed by atoms with Crippen molar-refractivity contribution in [3.63, 3.8) is 0 Å². The Bertz CT molecular complexity index is 535. The number of hydrogen-bond donors (Lipinski definition) is 1. The second-order valence-corrected chi connectivity index (χ2v) is 4.50. The first kappa shape index (κ1) is 12.6. The summed E-state index contributed by atoms with van der Waals surface area (Å²) in [5, 5.41) is 3.33. The molecule has 0 atom stereocenters. The summed E-state index contributed by atoms with van der Waals surface area (Å²) in [7, 11) is 0. The predicted molar refractivity (Wildman–Crippen MR) is 75.7 cm³/mol. The molecule has 0 unspecified atom stereocenters. The van der Waals surface area contributed by atoms with Gasteiger partial charge in [-0.3, -0.25) is 4.98 Å². The summed E-state index contributed by atoms with van der Waals surface area (Å²) in [6.45, 7) is 7.25. The highest BCUT2D eigenvalue weighted by atomic mass is 15.0. The molecule has 0 aliphatic heterocycles. The standard InChI is InChI=1S/C15H19N3/c1-4-7-17-15-14(16-8-9-18-15)13-10-11(2)5-6-12(13)3/h5-6,8-10H,4,7H2,1-3H3,(H,17,18). The van der Waals surface area contributed by atoms with Crippen LogP contribution in [0.2, 0.25) is 0 Å². The summed E-state index contributed by atoms with van der Waals surface area (Å²) >= 11 is 0. The monoisotopic (exact) mass is 241 g/mol. The van der Waals surface area contributed by atoms with Crippen LogP contribution in [-0.4, -0.2) is 16.5 Å². The van der Waals surface area contributed by atoms with Gasteiger partial charge in [0, 0.05) is 24.5 Å². The Balaban J connectivity index is 2.46. The van der Waals surface area contributed by atoms with E-state index in [1.807, 2.05) is 0 Å². The van der Waals surface area contributed by atoms with Crippen LogP contribution in [0.25, 0.3) is 11.3 Å². The minimum Gasteiger partial charge on any atom is -0.368 e. The summed E-state index contributed by atoms with van der Waals surface area (Å²) in [6.07, 6.45) is 4.55. The SMILES string of the molecule is CCCNc1nccnc1-c1cc(C)ccc1C. The molecule has 0 saturated carbocycles. The summed E-state index contributed by atoms with van der Waals surface area (Å²) < 4.78 is 0. The number of hydrogen-bond acceptors (Lipinski definition) is 3. The maximum Gasteiger partial charge on any atom is 0.152 e.